The third-order valence-corrected chi connectivity index (χ3v) is 9.26. The van der Waals surface area contributed by atoms with Crippen molar-refractivity contribution in [3.05, 3.63) is 99.5 Å². The first-order valence-electron chi connectivity index (χ1n) is 13.8. The van der Waals surface area contributed by atoms with Gasteiger partial charge < -0.3 is 14.4 Å². The molecule has 0 spiro atoms. The highest BCUT2D eigenvalue weighted by molar-refractivity contribution is 7.92. The van der Waals surface area contributed by atoms with E-state index in [-0.39, 0.29) is 13.0 Å². The summed E-state index contributed by atoms with van der Waals surface area (Å²) >= 11 is 12.3. The Hall–Kier alpha value is -3.12. The monoisotopic (exact) mass is 671 g/mol. The lowest BCUT2D eigenvalue weighted by Gasteiger charge is -2.47. The van der Waals surface area contributed by atoms with E-state index in [1.165, 1.54) is 17.0 Å². The van der Waals surface area contributed by atoms with E-state index in [0.29, 0.717) is 39.6 Å². The van der Waals surface area contributed by atoms with Crippen LogP contribution in [0, 0.1) is 0 Å². The minimum Gasteiger partial charge on any atom is -0.464 e. The van der Waals surface area contributed by atoms with Gasteiger partial charge in [-0.05, 0) is 66.4 Å². The number of sulfone groups is 1. The molecule has 0 N–H and O–H groups in total. The van der Waals surface area contributed by atoms with Crippen LogP contribution in [0.15, 0.2) is 77.7 Å². The number of benzene rings is 3. The number of morpholine rings is 1. The molecule has 7 nitrogen and oxygen atoms in total. The molecule has 44 heavy (non-hydrogen) atoms. The van der Waals surface area contributed by atoms with Crippen molar-refractivity contribution in [2.24, 2.45) is 0 Å². The van der Waals surface area contributed by atoms with Gasteiger partial charge in [-0.15, -0.1) is 0 Å². The standard InChI is InChI=1S/C31H30Cl2F3NO6S/c1-3-5-25(30(39)42-4-2)37-27(20-8-12-22(32)13-9-20)28(21-10-14-23(33)15-11-21)43-26(29(37)38)18-19-6-16-24(17-7-19)44(40,41)31(34,35)36/h6-17,25-28H,3-5,18H2,1-2H3. The topological polar surface area (TPSA) is 90.0 Å². The summed E-state index contributed by atoms with van der Waals surface area (Å²) in [5.74, 6) is -1.12. The molecular weight excluding hydrogens is 642 g/mol. The predicted octanol–water partition coefficient (Wildman–Crippen LogP) is 7.27. The first-order valence-corrected chi connectivity index (χ1v) is 16.1. The van der Waals surface area contributed by atoms with Gasteiger partial charge in [0, 0.05) is 16.5 Å². The summed E-state index contributed by atoms with van der Waals surface area (Å²) in [6, 6.07) is 16.0. The number of esters is 1. The summed E-state index contributed by atoms with van der Waals surface area (Å²) < 4.78 is 74.7. The number of carbonyl (C=O) groups is 2. The van der Waals surface area contributed by atoms with E-state index in [4.69, 9.17) is 32.7 Å². The highest BCUT2D eigenvalue weighted by Gasteiger charge is 2.49. The second kappa shape index (κ2) is 13.9. The summed E-state index contributed by atoms with van der Waals surface area (Å²) in [7, 11) is -5.55. The highest BCUT2D eigenvalue weighted by Crippen LogP contribution is 2.45. The molecule has 0 saturated carbocycles. The van der Waals surface area contributed by atoms with Gasteiger partial charge >= 0.3 is 11.5 Å². The number of ether oxygens (including phenoxy) is 2. The molecular formula is C31H30Cl2F3NO6S. The summed E-state index contributed by atoms with van der Waals surface area (Å²) in [6.07, 6.45) is -1.26. The number of halogens is 5. The van der Waals surface area contributed by atoms with Crippen molar-refractivity contribution < 1.29 is 40.7 Å². The third-order valence-electron chi connectivity index (χ3n) is 7.25. The van der Waals surface area contributed by atoms with Crippen LogP contribution in [0.1, 0.15) is 55.5 Å². The Balaban J connectivity index is 1.82. The van der Waals surface area contributed by atoms with Crippen LogP contribution >= 0.6 is 23.2 Å². The molecule has 4 atom stereocenters. The van der Waals surface area contributed by atoms with Crippen LogP contribution in [-0.2, 0) is 35.3 Å². The predicted molar refractivity (Wildman–Crippen MR) is 159 cm³/mol. The van der Waals surface area contributed by atoms with Crippen molar-refractivity contribution in [1.29, 1.82) is 0 Å². The van der Waals surface area contributed by atoms with Crippen LogP contribution in [0.5, 0.6) is 0 Å². The SMILES string of the molecule is CCCC(C(=O)OCC)N1C(=O)C(Cc2ccc(S(=O)(=O)C(F)(F)F)cc2)OC(c2ccc(Cl)cc2)C1c1ccc(Cl)cc1. The molecule has 1 aliphatic rings. The first kappa shape index (κ1) is 33.8. The Bertz CT molecular complexity index is 1570. The van der Waals surface area contributed by atoms with Gasteiger partial charge in [0.2, 0.25) is 0 Å². The Morgan fingerprint density at radius 1 is 0.932 bits per heavy atom. The Kier molecular flexibility index (Phi) is 10.7. The number of nitrogens with zero attached hydrogens (tertiary/aromatic N) is 1. The van der Waals surface area contributed by atoms with Gasteiger partial charge in [0.05, 0.1) is 17.5 Å². The number of hydrogen-bond donors (Lipinski definition) is 0. The zero-order valence-electron chi connectivity index (χ0n) is 23.8. The van der Waals surface area contributed by atoms with Gasteiger partial charge in [-0.3, -0.25) is 4.79 Å². The van der Waals surface area contributed by atoms with E-state index in [0.717, 1.165) is 12.1 Å². The molecule has 0 aliphatic carbocycles. The van der Waals surface area contributed by atoms with Gasteiger partial charge in [-0.2, -0.15) is 13.2 Å². The van der Waals surface area contributed by atoms with Crippen LogP contribution in [0.4, 0.5) is 13.2 Å². The van der Waals surface area contributed by atoms with Gasteiger partial charge in [0.25, 0.3) is 15.7 Å². The van der Waals surface area contributed by atoms with Crippen molar-refractivity contribution >= 4 is 44.9 Å². The van der Waals surface area contributed by atoms with Crippen LogP contribution in [0.2, 0.25) is 10.0 Å². The summed E-state index contributed by atoms with van der Waals surface area (Å²) in [5.41, 5.74) is -3.80. The molecule has 3 aromatic carbocycles. The van der Waals surface area contributed by atoms with Crippen molar-refractivity contribution in [3.63, 3.8) is 0 Å². The molecule has 0 aromatic heterocycles. The summed E-state index contributed by atoms with van der Waals surface area (Å²) in [4.78, 5) is 28.2. The molecule has 4 rings (SSSR count). The van der Waals surface area contributed by atoms with Crippen molar-refractivity contribution in [2.75, 3.05) is 6.61 Å². The average molecular weight is 673 g/mol. The maximum Gasteiger partial charge on any atom is 0.501 e. The molecule has 236 valence electrons. The van der Waals surface area contributed by atoms with E-state index >= 15 is 0 Å². The average Bonchev–Trinajstić information content (AvgIpc) is 2.98. The molecule has 1 amide bonds. The lowest BCUT2D eigenvalue weighted by molar-refractivity contribution is -0.186. The second-order valence-corrected chi connectivity index (χ2v) is 13.0. The van der Waals surface area contributed by atoms with Gasteiger partial charge in [-0.25, -0.2) is 13.2 Å². The molecule has 4 unspecified atom stereocenters. The number of rotatable bonds is 10. The zero-order valence-corrected chi connectivity index (χ0v) is 26.1. The number of carbonyl (C=O) groups excluding carboxylic acids is 2. The second-order valence-electron chi connectivity index (χ2n) is 10.2. The highest BCUT2D eigenvalue weighted by atomic mass is 35.5. The quantitative estimate of drug-likeness (QED) is 0.211. The van der Waals surface area contributed by atoms with Gasteiger partial charge in [0.15, 0.2) is 0 Å². The largest absolute Gasteiger partial charge is 0.501 e. The Morgan fingerprint density at radius 2 is 1.48 bits per heavy atom. The van der Waals surface area contributed by atoms with Crippen molar-refractivity contribution in [3.8, 4) is 0 Å². The van der Waals surface area contributed by atoms with Crippen LogP contribution in [-0.4, -0.2) is 49.5 Å². The first-order chi connectivity index (χ1) is 20.8. The molecule has 0 radical (unpaired) electrons. The smallest absolute Gasteiger partial charge is 0.464 e. The molecule has 1 heterocycles. The molecule has 0 bridgehead atoms. The lowest BCUT2D eigenvalue weighted by Crippen LogP contribution is -2.57. The van der Waals surface area contributed by atoms with E-state index in [1.807, 2.05) is 6.92 Å². The normalized spacial score (nSPS) is 19.9. The fourth-order valence-corrected chi connectivity index (χ4v) is 6.20. The van der Waals surface area contributed by atoms with E-state index in [2.05, 4.69) is 0 Å². The van der Waals surface area contributed by atoms with Crippen LogP contribution in [0.25, 0.3) is 0 Å². The molecule has 3 aromatic rings. The number of amides is 1. The molecule has 13 heteroatoms. The minimum atomic E-state index is -5.55. The lowest BCUT2D eigenvalue weighted by atomic mass is 9.88. The fraction of sp³-hybridized carbons (Fsp3) is 0.355. The van der Waals surface area contributed by atoms with Gasteiger partial charge in [0.1, 0.15) is 18.2 Å². The third kappa shape index (κ3) is 7.22. The minimum absolute atomic E-state index is 0.0976. The summed E-state index contributed by atoms with van der Waals surface area (Å²) in [6.45, 7) is 3.64. The fourth-order valence-electron chi connectivity index (χ4n) is 5.19. The van der Waals surface area contributed by atoms with E-state index in [1.54, 1.807) is 55.5 Å². The maximum atomic E-state index is 14.3. The van der Waals surface area contributed by atoms with Crippen molar-refractivity contribution in [2.45, 2.75) is 67.8 Å². The summed E-state index contributed by atoms with van der Waals surface area (Å²) in [5, 5.41) is 0.942. The van der Waals surface area contributed by atoms with Crippen molar-refractivity contribution in [1.82, 2.24) is 4.90 Å². The molecule has 1 aliphatic heterocycles. The Morgan fingerprint density at radius 3 is 1.98 bits per heavy atom. The molecule has 1 fully saturated rings. The van der Waals surface area contributed by atoms with Crippen LogP contribution < -0.4 is 0 Å². The van der Waals surface area contributed by atoms with E-state index in [9.17, 15) is 31.2 Å². The number of hydrogen-bond acceptors (Lipinski definition) is 6. The van der Waals surface area contributed by atoms with Gasteiger partial charge in [-0.1, -0.05) is 72.9 Å². The Labute approximate surface area is 263 Å². The zero-order chi connectivity index (χ0) is 32.2. The molecule has 1 saturated heterocycles. The van der Waals surface area contributed by atoms with E-state index < -0.39 is 56.4 Å². The van der Waals surface area contributed by atoms with Crippen LogP contribution in [0.3, 0.4) is 0 Å². The number of alkyl halides is 3. The maximum absolute atomic E-state index is 14.3.